The predicted octanol–water partition coefficient (Wildman–Crippen LogP) is 4.15. The Balaban J connectivity index is 1.54. The van der Waals surface area contributed by atoms with Gasteiger partial charge in [0.15, 0.2) is 6.04 Å². The largest absolute Gasteiger partial charge is 0.480 e. The number of fused-ring (bicyclic) bond motifs is 3. The number of nitrogens with one attached hydrogen (secondary N) is 1. The molecule has 0 saturated carbocycles. The second-order valence-corrected chi connectivity index (χ2v) is 11.2. The normalized spacial score (nSPS) is 19.8. The average Bonchev–Trinajstić information content (AvgIpc) is 3.33. The summed E-state index contributed by atoms with van der Waals surface area (Å²) in [7, 11) is 0. The van der Waals surface area contributed by atoms with Gasteiger partial charge in [-0.2, -0.15) is 0 Å². The van der Waals surface area contributed by atoms with Gasteiger partial charge in [-0.3, -0.25) is 9.69 Å². The van der Waals surface area contributed by atoms with E-state index in [2.05, 4.69) is 5.32 Å². The number of carbonyl (C=O) groups is 3. The van der Waals surface area contributed by atoms with Crippen molar-refractivity contribution < 1.29 is 33.7 Å². The van der Waals surface area contributed by atoms with E-state index >= 15 is 0 Å². The van der Waals surface area contributed by atoms with Crippen LogP contribution in [-0.2, 0) is 23.8 Å². The van der Waals surface area contributed by atoms with Crippen LogP contribution in [0.25, 0.3) is 11.1 Å². The smallest absolute Gasteiger partial charge is 0.407 e. The van der Waals surface area contributed by atoms with Crippen LogP contribution in [0.15, 0.2) is 48.5 Å². The number of hydrogen-bond acceptors (Lipinski definition) is 6. The standard InChI is InChI=1S/C29H36N2O7/c1-17(38-28(2,3)4)24(25(32)31-23(26(33)34)16-37-29(31,5)6)30-27(35)36-15-22-20-13-9-7-11-18(20)19-12-8-10-14-21(19)22/h7-14,17,22-24H,15-16H2,1-6H3,(H,30,35)(H,33,34)/t17?,23-,24-/m0/s1. The highest BCUT2D eigenvalue weighted by molar-refractivity contribution is 5.91. The lowest BCUT2D eigenvalue weighted by atomic mass is 9.98. The third kappa shape index (κ3) is 5.54. The molecule has 2 aromatic carbocycles. The molecule has 9 heteroatoms. The molecule has 2 aromatic rings. The fourth-order valence-corrected chi connectivity index (χ4v) is 5.33. The SMILES string of the molecule is CC(OC(C)(C)C)[C@H](NC(=O)OCC1c2ccccc2-c2ccccc21)C(=O)N1[C@H](C(=O)O)COC1(C)C. The summed E-state index contributed by atoms with van der Waals surface area (Å²) in [5, 5.41) is 12.4. The van der Waals surface area contributed by atoms with Gasteiger partial charge in [-0.05, 0) is 63.8 Å². The number of carboxylic acids is 1. The van der Waals surface area contributed by atoms with Crippen molar-refractivity contribution in [3.8, 4) is 11.1 Å². The number of rotatable bonds is 7. The monoisotopic (exact) mass is 524 g/mol. The molecule has 1 saturated heterocycles. The Morgan fingerprint density at radius 1 is 1.08 bits per heavy atom. The lowest BCUT2D eigenvalue weighted by molar-refractivity contribution is -0.161. The molecule has 1 aliphatic carbocycles. The van der Waals surface area contributed by atoms with Crippen molar-refractivity contribution in [1.29, 1.82) is 0 Å². The van der Waals surface area contributed by atoms with Crippen LogP contribution in [0.4, 0.5) is 4.79 Å². The fourth-order valence-electron chi connectivity index (χ4n) is 5.33. The Labute approximate surface area is 223 Å². The lowest BCUT2D eigenvalue weighted by Gasteiger charge is -2.37. The van der Waals surface area contributed by atoms with E-state index in [9.17, 15) is 19.5 Å². The van der Waals surface area contributed by atoms with Gasteiger partial charge in [0.25, 0.3) is 5.91 Å². The third-order valence-electron chi connectivity index (χ3n) is 6.90. The summed E-state index contributed by atoms with van der Waals surface area (Å²) in [5.74, 6) is -1.95. The Bertz CT molecular complexity index is 1170. The van der Waals surface area contributed by atoms with E-state index in [1.807, 2.05) is 69.3 Å². The Hall–Kier alpha value is -3.43. The zero-order valence-electron chi connectivity index (χ0n) is 22.7. The summed E-state index contributed by atoms with van der Waals surface area (Å²) in [6.07, 6.45) is -1.58. The number of alkyl carbamates (subject to hydrolysis) is 1. The topological polar surface area (TPSA) is 114 Å². The van der Waals surface area contributed by atoms with Crippen LogP contribution < -0.4 is 5.32 Å². The minimum atomic E-state index is -1.20. The quantitative estimate of drug-likeness (QED) is 0.559. The minimum absolute atomic E-state index is 0.0748. The Morgan fingerprint density at radius 2 is 1.63 bits per heavy atom. The first-order valence-corrected chi connectivity index (χ1v) is 12.8. The lowest BCUT2D eigenvalue weighted by Crippen LogP contribution is -2.61. The third-order valence-corrected chi connectivity index (χ3v) is 6.90. The number of hydrogen-bond donors (Lipinski definition) is 2. The van der Waals surface area contributed by atoms with Crippen LogP contribution >= 0.6 is 0 Å². The van der Waals surface area contributed by atoms with E-state index < -0.39 is 47.5 Å². The fraction of sp³-hybridized carbons (Fsp3) is 0.483. The first-order chi connectivity index (χ1) is 17.8. The number of carboxylic acid groups (broad SMARTS) is 1. The van der Waals surface area contributed by atoms with Crippen molar-refractivity contribution in [2.75, 3.05) is 13.2 Å². The first kappa shape index (κ1) is 27.6. The molecule has 0 aromatic heterocycles. The summed E-state index contributed by atoms with van der Waals surface area (Å²) in [6, 6.07) is 13.6. The number of nitrogens with zero attached hydrogens (tertiary/aromatic N) is 1. The zero-order valence-corrected chi connectivity index (χ0v) is 22.7. The Kier molecular flexibility index (Phi) is 7.54. The van der Waals surface area contributed by atoms with Gasteiger partial charge < -0.3 is 24.6 Å². The van der Waals surface area contributed by atoms with Crippen LogP contribution in [0.1, 0.15) is 58.6 Å². The van der Waals surface area contributed by atoms with Gasteiger partial charge in [0.2, 0.25) is 0 Å². The maximum absolute atomic E-state index is 13.8. The van der Waals surface area contributed by atoms with Crippen molar-refractivity contribution in [2.45, 2.75) is 77.0 Å². The molecule has 0 radical (unpaired) electrons. The summed E-state index contributed by atoms with van der Waals surface area (Å²) in [6.45, 7) is 10.3. The van der Waals surface area contributed by atoms with E-state index in [0.717, 1.165) is 27.2 Å². The molecule has 1 unspecified atom stereocenters. The minimum Gasteiger partial charge on any atom is -0.480 e. The summed E-state index contributed by atoms with van der Waals surface area (Å²) >= 11 is 0. The number of carbonyl (C=O) groups excluding carboxylic acids is 2. The molecule has 4 rings (SSSR count). The molecular weight excluding hydrogens is 488 g/mol. The van der Waals surface area contributed by atoms with Crippen molar-refractivity contribution >= 4 is 18.0 Å². The molecule has 2 N–H and O–H groups in total. The van der Waals surface area contributed by atoms with Crippen molar-refractivity contribution in [1.82, 2.24) is 10.2 Å². The van der Waals surface area contributed by atoms with Crippen molar-refractivity contribution in [2.24, 2.45) is 0 Å². The molecule has 3 atom stereocenters. The summed E-state index contributed by atoms with van der Waals surface area (Å²) in [4.78, 5) is 39.9. The highest BCUT2D eigenvalue weighted by Crippen LogP contribution is 2.44. The molecule has 1 heterocycles. The predicted molar refractivity (Wildman–Crippen MR) is 141 cm³/mol. The molecule has 0 spiro atoms. The van der Waals surface area contributed by atoms with Gasteiger partial charge in [0.05, 0.1) is 18.3 Å². The zero-order chi connectivity index (χ0) is 27.8. The molecule has 2 amide bonds. The molecule has 38 heavy (non-hydrogen) atoms. The molecule has 2 aliphatic rings. The average molecular weight is 525 g/mol. The Morgan fingerprint density at radius 3 is 2.16 bits per heavy atom. The van der Waals surface area contributed by atoms with Gasteiger partial charge in [-0.1, -0.05) is 48.5 Å². The van der Waals surface area contributed by atoms with Gasteiger partial charge in [0.1, 0.15) is 18.4 Å². The van der Waals surface area contributed by atoms with Crippen LogP contribution in [0.3, 0.4) is 0 Å². The molecule has 0 bridgehead atoms. The molecular formula is C29H36N2O7. The van der Waals surface area contributed by atoms with Crippen LogP contribution in [0, 0.1) is 0 Å². The van der Waals surface area contributed by atoms with Crippen LogP contribution in [0.2, 0.25) is 0 Å². The highest BCUT2D eigenvalue weighted by atomic mass is 16.6. The number of aliphatic carboxylic acids is 1. The van der Waals surface area contributed by atoms with E-state index in [0.29, 0.717) is 0 Å². The molecule has 9 nitrogen and oxygen atoms in total. The van der Waals surface area contributed by atoms with E-state index in [1.54, 1.807) is 20.8 Å². The first-order valence-electron chi connectivity index (χ1n) is 12.8. The van der Waals surface area contributed by atoms with Gasteiger partial charge in [-0.15, -0.1) is 0 Å². The van der Waals surface area contributed by atoms with Gasteiger partial charge in [0, 0.05) is 5.92 Å². The number of amides is 2. The van der Waals surface area contributed by atoms with Gasteiger partial charge in [-0.25, -0.2) is 9.59 Å². The maximum atomic E-state index is 13.8. The maximum Gasteiger partial charge on any atom is 0.407 e. The van der Waals surface area contributed by atoms with Crippen molar-refractivity contribution in [3.63, 3.8) is 0 Å². The van der Waals surface area contributed by atoms with Crippen molar-refractivity contribution in [3.05, 3.63) is 59.7 Å². The number of benzene rings is 2. The highest BCUT2D eigenvalue weighted by Gasteiger charge is 2.50. The van der Waals surface area contributed by atoms with E-state index in [-0.39, 0.29) is 19.1 Å². The summed E-state index contributed by atoms with van der Waals surface area (Å²) < 4.78 is 17.3. The van der Waals surface area contributed by atoms with E-state index in [4.69, 9.17) is 14.2 Å². The van der Waals surface area contributed by atoms with E-state index in [1.165, 1.54) is 0 Å². The molecule has 1 aliphatic heterocycles. The van der Waals surface area contributed by atoms with Crippen LogP contribution in [-0.4, -0.2) is 70.7 Å². The number of ether oxygens (including phenoxy) is 3. The molecule has 204 valence electrons. The second-order valence-electron chi connectivity index (χ2n) is 11.2. The summed E-state index contributed by atoms with van der Waals surface area (Å²) in [5.41, 5.74) is 2.55. The van der Waals surface area contributed by atoms with Gasteiger partial charge >= 0.3 is 12.1 Å². The second kappa shape index (κ2) is 10.4. The van der Waals surface area contributed by atoms with Crippen LogP contribution in [0.5, 0.6) is 0 Å². The molecule has 1 fully saturated rings.